The smallest absolute Gasteiger partial charge is 0.162 e. The van der Waals surface area contributed by atoms with Gasteiger partial charge in [0, 0.05) is 74.0 Å². The van der Waals surface area contributed by atoms with Gasteiger partial charge in [-0.25, -0.2) is 15.0 Å². The zero-order valence-electron chi connectivity index (χ0n) is 21.4. The number of ether oxygens (including phenoxy) is 1. The van der Waals surface area contributed by atoms with E-state index in [4.69, 9.17) is 14.7 Å². The molecule has 2 aliphatic rings. The van der Waals surface area contributed by atoms with Crippen molar-refractivity contribution < 1.29 is 4.74 Å². The van der Waals surface area contributed by atoms with Crippen molar-refractivity contribution in [1.29, 1.82) is 0 Å². The van der Waals surface area contributed by atoms with Crippen molar-refractivity contribution in [3.8, 4) is 11.4 Å². The van der Waals surface area contributed by atoms with Crippen molar-refractivity contribution >= 4 is 38.3 Å². The molecular weight excluding hydrogens is 498 g/mol. The SMILES string of the molecule is CC(c1ncc[nH]1)N1CCN(Cc2cc3nc(-c4cccc5[nH]ncc45)nc(N4CCOCC4)c3s2)CC1. The van der Waals surface area contributed by atoms with Crippen LogP contribution in [0.5, 0.6) is 0 Å². The summed E-state index contributed by atoms with van der Waals surface area (Å²) in [5.41, 5.74) is 3.01. The van der Waals surface area contributed by atoms with Gasteiger partial charge in [-0.15, -0.1) is 11.3 Å². The Morgan fingerprint density at radius 2 is 1.95 bits per heavy atom. The number of thiophene rings is 1. The van der Waals surface area contributed by atoms with Gasteiger partial charge >= 0.3 is 0 Å². The monoisotopic (exact) mass is 529 g/mol. The van der Waals surface area contributed by atoms with Crippen LogP contribution in [0.3, 0.4) is 0 Å². The molecule has 0 bridgehead atoms. The van der Waals surface area contributed by atoms with Crippen molar-refractivity contribution in [2.24, 2.45) is 0 Å². The van der Waals surface area contributed by atoms with E-state index < -0.39 is 0 Å². The summed E-state index contributed by atoms with van der Waals surface area (Å²) in [6.45, 7) is 10.4. The number of hydrogen-bond donors (Lipinski definition) is 2. The molecule has 7 rings (SSSR count). The van der Waals surface area contributed by atoms with Gasteiger partial charge in [-0.05, 0) is 19.1 Å². The minimum absolute atomic E-state index is 0.306. The first-order valence-electron chi connectivity index (χ1n) is 13.2. The second kappa shape index (κ2) is 10.1. The van der Waals surface area contributed by atoms with Crippen LogP contribution in [0.4, 0.5) is 5.82 Å². The molecule has 2 N–H and O–H groups in total. The highest BCUT2D eigenvalue weighted by Crippen LogP contribution is 2.36. The summed E-state index contributed by atoms with van der Waals surface area (Å²) < 4.78 is 6.80. The average Bonchev–Trinajstić information content (AvgIpc) is 3.74. The lowest BCUT2D eigenvalue weighted by molar-refractivity contribution is 0.0957. The zero-order valence-corrected chi connectivity index (χ0v) is 22.2. The molecule has 0 spiro atoms. The number of imidazole rings is 1. The molecule has 4 aromatic heterocycles. The number of morpholine rings is 1. The maximum absolute atomic E-state index is 5.64. The van der Waals surface area contributed by atoms with E-state index in [0.717, 1.165) is 103 Å². The third-order valence-corrected chi connectivity index (χ3v) is 8.80. The maximum atomic E-state index is 5.64. The molecule has 2 saturated heterocycles. The molecule has 2 fully saturated rings. The lowest BCUT2D eigenvalue weighted by Gasteiger charge is -2.37. The zero-order chi connectivity index (χ0) is 25.5. The van der Waals surface area contributed by atoms with Crippen LogP contribution in [-0.4, -0.2) is 92.4 Å². The number of anilines is 1. The van der Waals surface area contributed by atoms with Gasteiger partial charge in [0.1, 0.15) is 5.82 Å². The van der Waals surface area contributed by atoms with Crippen molar-refractivity contribution in [3.05, 3.63) is 53.6 Å². The molecule has 11 heteroatoms. The second-order valence-electron chi connectivity index (χ2n) is 10.00. The molecule has 38 heavy (non-hydrogen) atoms. The Bertz CT molecular complexity index is 1530. The molecule has 5 aromatic rings. The van der Waals surface area contributed by atoms with E-state index in [1.807, 2.05) is 42.1 Å². The van der Waals surface area contributed by atoms with E-state index in [2.05, 4.69) is 53.9 Å². The van der Waals surface area contributed by atoms with Crippen LogP contribution in [0.25, 0.3) is 32.5 Å². The number of fused-ring (bicyclic) bond motifs is 2. The van der Waals surface area contributed by atoms with Gasteiger partial charge in [-0.1, -0.05) is 12.1 Å². The molecule has 196 valence electrons. The summed E-state index contributed by atoms with van der Waals surface area (Å²) in [5.74, 6) is 2.80. The number of nitrogens with zero attached hydrogens (tertiary/aromatic N) is 7. The molecule has 10 nitrogen and oxygen atoms in total. The number of rotatable bonds is 6. The number of aromatic nitrogens is 6. The Morgan fingerprint density at radius 1 is 1.08 bits per heavy atom. The van der Waals surface area contributed by atoms with Crippen LogP contribution in [-0.2, 0) is 11.3 Å². The third kappa shape index (κ3) is 4.45. The average molecular weight is 530 g/mol. The first-order chi connectivity index (χ1) is 18.7. The van der Waals surface area contributed by atoms with Gasteiger partial charge in [0.2, 0.25) is 0 Å². The Hall–Kier alpha value is -3.38. The quantitative estimate of drug-likeness (QED) is 0.344. The van der Waals surface area contributed by atoms with Crippen molar-refractivity contribution in [2.75, 3.05) is 57.4 Å². The Kier molecular flexibility index (Phi) is 6.28. The lowest BCUT2D eigenvalue weighted by atomic mass is 10.1. The highest BCUT2D eigenvalue weighted by atomic mass is 32.1. The second-order valence-corrected chi connectivity index (χ2v) is 11.1. The van der Waals surface area contributed by atoms with E-state index in [-0.39, 0.29) is 0 Å². The van der Waals surface area contributed by atoms with Crippen LogP contribution in [0.1, 0.15) is 23.7 Å². The van der Waals surface area contributed by atoms with E-state index in [1.165, 1.54) is 4.88 Å². The summed E-state index contributed by atoms with van der Waals surface area (Å²) in [6, 6.07) is 8.72. The molecule has 0 radical (unpaired) electrons. The number of hydrogen-bond acceptors (Lipinski definition) is 9. The maximum Gasteiger partial charge on any atom is 0.162 e. The molecular formula is C27H31N9OS. The Morgan fingerprint density at radius 3 is 2.76 bits per heavy atom. The predicted octanol–water partition coefficient (Wildman–Crippen LogP) is 3.67. The molecule has 2 aliphatic heterocycles. The van der Waals surface area contributed by atoms with E-state index in [0.29, 0.717) is 6.04 Å². The van der Waals surface area contributed by atoms with E-state index in [1.54, 1.807) is 0 Å². The molecule has 0 amide bonds. The standard InChI is InChI=1S/C27H31N9OS/c1-18(25-28-5-6-29-25)35-9-7-34(8-10-35)17-19-15-23-24(38-19)27(36-11-13-37-14-12-36)32-26(31-23)20-3-2-4-22-21(20)16-30-33-22/h2-6,15-16,18H,7-14,17H2,1H3,(H,28,29)(H,30,33). The minimum Gasteiger partial charge on any atom is -0.378 e. The summed E-state index contributed by atoms with van der Waals surface area (Å²) in [6.07, 6.45) is 5.59. The fourth-order valence-corrected chi connectivity index (χ4v) is 6.68. The largest absolute Gasteiger partial charge is 0.378 e. The van der Waals surface area contributed by atoms with Gasteiger partial charge in [0.05, 0.1) is 41.2 Å². The highest BCUT2D eigenvalue weighted by molar-refractivity contribution is 7.19. The molecule has 1 aromatic carbocycles. The van der Waals surface area contributed by atoms with Gasteiger partial charge < -0.3 is 14.6 Å². The van der Waals surface area contributed by atoms with Crippen molar-refractivity contribution in [1.82, 2.24) is 39.9 Å². The summed E-state index contributed by atoms with van der Waals surface area (Å²) in [5, 5.41) is 8.35. The molecule has 1 unspecified atom stereocenters. The van der Waals surface area contributed by atoms with Crippen LogP contribution in [0.15, 0.2) is 42.9 Å². The number of aromatic amines is 2. The van der Waals surface area contributed by atoms with Gasteiger partial charge in [0.15, 0.2) is 11.6 Å². The predicted molar refractivity (Wildman–Crippen MR) is 149 cm³/mol. The molecule has 1 atom stereocenters. The minimum atomic E-state index is 0.306. The molecule has 0 aliphatic carbocycles. The van der Waals surface area contributed by atoms with Crippen LogP contribution >= 0.6 is 11.3 Å². The van der Waals surface area contributed by atoms with Crippen LogP contribution in [0, 0.1) is 0 Å². The first kappa shape index (κ1) is 23.7. The number of piperazine rings is 1. The lowest BCUT2D eigenvalue weighted by Crippen LogP contribution is -2.46. The fourth-order valence-electron chi connectivity index (χ4n) is 5.52. The topological polar surface area (TPSA) is 102 Å². The van der Waals surface area contributed by atoms with Gasteiger partial charge in [0.25, 0.3) is 0 Å². The van der Waals surface area contributed by atoms with Crippen molar-refractivity contribution in [2.45, 2.75) is 19.5 Å². The molecule has 0 saturated carbocycles. The van der Waals surface area contributed by atoms with Crippen molar-refractivity contribution in [3.63, 3.8) is 0 Å². The number of benzene rings is 1. The summed E-state index contributed by atoms with van der Waals surface area (Å²) in [4.78, 5) is 26.7. The third-order valence-electron chi connectivity index (χ3n) is 7.69. The molecule has 6 heterocycles. The Balaban J connectivity index is 1.17. The van der Waals surface area contributed by atoms with E-state index in [9.17, 15) is 0 Å². The van der Waals surface area contributed by atoms with Crippen LogP contribution < -0.4 is 4.90 Å². The van der Waals surface area contributed by atoms with Gasteiger partial charge in [-0.2, -0.15) is 5.10 Å². The number of H-pyrrole nitrogens is 2. The van der Waals surface area contributed by atoms with E-state index >= 15 is 0 Å². The number of nitrogens with one attached hydrogen (secondary N) is 2. The first-order valence-corrected chi connectivity index (χ1v) is 14.1. The van der Waals surface area contributed by atoms with Gasteiger partial charge in [-0.3, -0.25) is 14.9 Å². The summed E-state index contributed by atoms with van der Waals surface area (Å²) in [7, 11) is 0. The normalized spacial score (nSPS) is 18.5. The fraction of sp³-hybridized carbons (Fsp3) is 0.407. The Labute approximate surface area is 224 Å². The van der Waals surface area contributed by atoms with Crippen LogP contribution in [0.2, 0.25) is 0 Å². The summed E-state index contributed by atoms with van der Waals surface area (Å²) >= 11 is 1.83. The highest BCUT2D eigenvalue weighted by Gasteiger charge is 2.25.